The lowest BCUT2D eigenvalue weighted by Crippen LogP contribution is -2.50. The number of nitrogens with two attached hydrogens (primary N) is 1. The number of carbonyl (C=O) groups is 2. The third kappa shape index (κ3) is 4.31. The summed E-state index contributed by atoms with van der Waals surface area (Å²) in [4.78, 5) is 25.6. The van der Waals surface area contributed by atoms with Crippen LogP contribution in [0, 0.1) is 0 Å². The Morgan fingerprint density at radius 1 is 1.07 bits per heavy atom. The van der Waals surface area contributed by atoms with Crippen LogP contribution in [0.1, 0.15) is 5.56 Å². The number of aromatic nitrogens is 2. The molecule has 2 amide bonds. The molecule has 0 spiro atoms. The Morgan fingerprint density at radius 3 is 2.47 bits per heavy atom. The molecule has 1 atom stereocenters. The molecule has 0 radical (unpaired) electrons. The molecular weight excluding hydrogens is 380 g/mol. The fourth-order valence-electron chi connectivity index (χ4n) is 3.33. The quantitative estimate of drug-likeness (QED) is 0.663. The molecular formula is C23H22N4O3. The summed E-state index contributed by atoms with van der Waals surface area (Å²) in [7, 11) is 0. The first kappa shape index (κ1) is 19.6. The third-order valence-electron chi connectivity index (χ3n) is 4.91. The zero-order chi connectivity index (χ0) is 20.9. The van der Waals surface area contributed by atoms with E-state index in [4.69, 9.17) is 15.6 Å². The zero-order valence-corrected chi connectivity index (χ0v) is 16.3. The van der Waals surface area contributed by atoms with Crippen LogP contribution in [0.5, 0.6) is 0 Å². The van der Waals surface area contributed by atoms with Gasteiger partial charge in [0.2, 0.25) is 11.8 Å². The highest BCUT2D eigenvalue weighted by molar-refractivity contribution is 5.93. The molecule has 1 fully saturated rings. The molecule has 30 heavy (non-hydrogen) atoms. The number of nitrogens with zero attached hydrogens (tertiary/aromatic N) is 3. The molecule has 0 bridgehead atoms. The Morgan fingerprint density at radius 2 is 1.77 bits per heavy atom. The number of ether oxygens (including phenoxy) is 1. The number of carbonyl (C=O) groups excluding carboxylic acids is 2. The van der Waals surface area contributed by atoms with Gasteiger partial charge in [-0.15, -0.1) is 0 Å². The molecule has 7 nitrogen and oxygen atoms in total. The Bertz CT molecular complexity index is 1060. The van der Waals surface area contributed by atoms with Gasteiger partial charge in [0.25, 0.3) is 0 Å². The van der Waals surface area contributed by atoms with E-state index in [-0.39, 0.29) is 19.1 Å². The van der Waals surface area contributed by atoms with Gasteiger partial charge in [-0.2, -0.15) is 5.10 Å². The minimum atomic E-state index is -0.767. The van der Waals surface area contributed by atoms with Gasteiger partial charge in [0.05, 0.1) is 24.5 Å². The molecule has 1 saturated heterocycles. The zero-order valence-electron chi connectivity index (χ0n) is 16.3. The highest BCUT2D eigenvalue weighted by atomic mass is 16.5. The fraction of sp³-hybridized carbons (Fsp3) is 0.174. The molecule has 7 heteroatoms. The van der Waals surface area contributed by atoms with Gasteiger partial charge in [0.1, 0.15) is 0 Å². The number of primary amides is 1. The van der Waals surface area contributed by atoms with Gasteiger partial charge in [-0.25, -0.2) is 4.68 Å². The largest absolute Gasteiger partial charge is 0.367 e. The first-order chi connectivity index (χ1) is 14.6. The predicted octanol–water partition coefficient (Wildman–Crippen LogP) is 2.27. The summed E-state index contributed by atoms with van der Waals surface area (Å²) in [6.07, 6.45) is 4.39. The van der Waals surface area contributed by atoms with Crippen LogP contribution in [-0.4, -0.2) is 52.3 Å². The van der Waals surface area contributed by atoms with Crippen LogP contribution in [0.25, 0.3) is 23.0 Å². The number of para-hydroxylation sites is 1. The van der Waals surface area contributed by atoms with Gasteiger partial charge in [-0.3, -0.25) is 9.59 Å². The molecule has 0 aliphatic carbocycles. The Kier molecular flexibility index (Phi) is 5.72. The van der Waals surface area contributed by atoms with Crippen molar-refractivity contribution >= 4 is 17.9 Å². The van der Waals surface area contributed by atoms with Crippen LogP contribution in [0.15, 0.2) is 72.9 Å². The smallest absolute Gasteiger partial charge is 0.248 e. The van der Waals surface area contributed by atoms with E-state index < -0.39 is 12.0 Å². The van der Waals surface area contributed by atoms with Crippen LogP contribution < -0.4 is 5.73 Å². The van der Waals surface area contributed by atoms with E-state index in [1.807, 2.05) is 66.9 Å². The minimum Gasteiger partial charge on any atom is -0.367 e. The molecule has 2 heterocycles. The average Bonchev–Trinajstić information content (AvgIpc) is 3.23. The van der Waals surface area contributed by atoms with E-state index in [0.29, 0.717) is 6.54 Å². The van der Waals surface area contributed by atoms with Crippen LogP contribution >= 0.6 is 0 Å². The lowest BCUT2D eigenvalue weighted by molar-refractivity contribution is -0.142. The third-order valence-corrected chi connectivity index (χ3v) is 4.91. The molecule has 1 aliphatic heterocycles. The van der Waals surface area contributed by atoms with Crippen LogP contribution in [0.4, 0.5) is 0 Å². The average molecular weight is 402 g/mol. The van der Waals surface area contributed by atoms with E-state index in [0.717, 1.165) is 22.5 Å². The van der Waals surface area contributed by atoms with Crippen LogP contribution in [0.3, 0.4) is 0 Å². The summed E-state index contributed by atoms with van der Waals surface area (Å²) in [6, 6.07) is 19.6. The van der Waals surface area contributed by atoms with Crippen molar-refractivity contribution < 1.29 is 14.3 Å². The maximum Gasteiger partial charge on any atom is 0.248 e. The summed E-state index contributed by atoms with van der Waals surface area (Å²) in [5.41, 5.74) is 8.79. The Balaban J connectivity index is 1.62. The van der Waals surface area contributed by atoms with Crippen molar-refractivity contribution in [3.63, 3.8) is 0 Å². The topological polar surface area (TPSA) is 90.5 Å². The molecule has 2 N–H and O–H groups in total. The number of morpholine rings is 1. The second kappa shape index (κ2) is 8.75. The molecule has 3 aromatic rings. The second-order valence-corrected chi connectivity index (χ2v) is 6.96. The molecule has 0 saturated carbocycles. The number of amides is 2. The van der Waals surface area contributed by atoms with Crippen molar-refractivity contribution in [3.8, 4) is 16.9 Å². The summed E-state index contributed by atoms with van der Waals surface area (Å²) < 4.78 is 7.10. The van der Waals surface area contributed by atoms with E-state index in [1.165, 1.54) is 6.08 Å². The van der Waals surface area contributed by atoms with Crippen molar-refractivity contribution in [2.45, 2.75) is 6.10 Å². The number of benzene rings is 2. The maximum absolute atomic E-state index is 12.7. The first-order valence-corrected chi connectivity index (χ1v) is 9.70. The number of rotatable bonds is 5. The standard InChI is InChI=1S/C23H22N4O3/c24-23(29)20-16-26(13-14-30-20)21(28)12-11-18-15-27(19-9-5-2-6-10-19)25-22(18)17-7-3-1-4-8-17/h1-12,15,20H,13-14,16H2,(H2,24,29)/b12-11+. The second-order valence-electron chi connectivity index (χ2n) is 6.96. The summed E-state index contributed by atoms with van der Waals surface area (Å²) in [5, 5.41) is 4.74. The number of hydrogen-bond acceptors (Lipinski definition) is 4. The molecule has 4 rings (SSSR count). The van der Waals surface area contributed by atoms with Gasteiger partial charge in [-0.05, 0) is 18.2 Å². The molecule has 2 aromatic carbocycles. The lowest BCUT2D eigenvalue weighted by Gasteiger charge is -2.30. The predicted molar refractivity (Wildman–Crippen MR) is 114 cm³/mol. The fourth-order valence-corrected chi connectivity index (χ4v) is 3.33. The minimum absolute atomic E-state index is 0.160. The van der Waals surface area contributed by atoms with Gasteiger partial charge in [-0.1, -0.05) is 48.5 Å². The lowest BCUT2D eigenvalue weighted by atomic mass is 10.1. The van der Waals surface area contributed by atoms with Gasteiger partial charge < -0.3 is 15.4 Å². The maximum atomic E-state index is 12.7. The Hall–Kier alpha value is -3.71. The van der Waals surface area contributed by atoms with E-state index in [9.17, 15) is 9.59 Å². The molecule has 1 unspecified atom stereocenters. The van der Waals surface area contributed by atoms with Crippen molar-refractivity contribution in [1.82, 2.24) is 14.7 Å². The molecule has 152 valence electrons. The SMILES string of the molecule is NC(=O)C1CN(C(=O)/C=C/c2cn(-c3ccccc3)nc2-c2ccccc2)CCO1. The van der Waals surface area contributed by atoms with E-state index >= 15 is 0 Å². The van der Waals surface area contributed by atoms with Crippen molar-refractivity contribution in [2.24, 2.45) is 5.73 Å². The number of hydrogen-bond donors (Lipinski definition) is 1. The summed E-state index contributed by atoms with van der Waals surface area (Å²) >= 11 is 0. The van der Waals surface area contributed by atoms with Gasteiger partial charge in [0.15, 0.2) is 6.10 Å². The molecule has 1 aliphatic rings. The highest BCUT2D eigenvalue weighted by Crippen LogP contribution is 2.24. The van der Waals surface area contributed by atoms with Gasteiger partial charge >= 0.3 is 0 Å². The normalized spacial score (nSPS) is 16.7. The summed E-state index contributed by atoms with van der Waals surface area (Å²) in [5.74, 6) is -0.761. The van der Waals surface area contributed by atoms with E-state index in [2.05, 4.69) is 0 Å². The van der Waals surface area contributed by atoms with E-state index in [1.54, 1.807) is 15.7 Å². The van der Waals surface area contributed by atoms with Crippen molar-refractivity contribution in [1.29, 1.82) is 0 Å². The highest BCUT2D eigenvalue weighted by Gasteiger charge is 2.26. The first-order valence-electron chi connectivity index (χ1n) is 9.70. The summed E-state index contributed by atoms with van der Waals surface area (Å²) in [6.45, 7) is 0.865. The van der Waals surface area contributed by atoms with Crippen molar-refractivity contribution in [2.75, 3.05) is 19.7 Å². The Labute approximate surface area is 174 Å². The van der Waals surface area contributed by atoms with Crippen LogP contribution in [0.2, 0.25) is 0 Å². The van der Waals surface area contributed by atoms with Crippen LogP contribution in [-0.2, 0) is 14.3 Å². The molecule has 1 aromatic heterocycles. The van der Waals surface area contributed by atoms with Crippen molar-refractivity contribution in [3.05, 3.63) is 78.5 Å². The monoisotopic (exact) mass is 402 g/mol. The van der Waals surface area contributed by atoms with Gasteiger partial charge in [0, 0.05) is 29.9 Å².